The summed E-state index contributed by atoms with van der Waals surface area (Å²) in [6.45, 7) is 5.61. The van der Waals surface area contributed by atoms with Crippen LogP contribution in [0.2, 0.25) is 0 Å². The van der Waals surface area contributed by atoms with Crippen LogP contribution in [0.15, 0.2) is 83.5 Å². The van der Waals surface area contributed by atoms with Crippen LogP contribution >= 0.6 is 0 Å². The van der Waals surface area contributed by atoms with Gasteiger partial charge in [-0.05, 0) is 38.1 Å². The lowest BCUT2D eigenvalue weighted by Crippen LogP contribution is -2.35. The van der Waals surface area contributed by atoms with Gasteiger partial charge in [-0.3, -0.25) is 4.90 Å². The van der Waals surface area contributed by atoms with Crippen molar-refractivity contribution in [2.75, 3.05) is 13.2 Å². The third-order valence-corrected chi connectivity index (χ3v) is 5.53. The molecule has 0 amide bonds. The SMILES string of the molecule is CC(C)OC[C@@H](O)CN(Cc1ccco1)Cc1c(-c2ccccc2)nn(C)c1Oc1ccccc1. The number of rotatable bonds is 12. The molecule has 4 rings (SSSR count). The number of ether oxygens (including phenoxy) is 2. The molecule has 1 atom stereocenters. The highest BCUT2D eigenvalue weighted by atomic mass is 16.5. The first-order valence-corrected chi connectivity index (χ1v) is 11.9. The lowest BCUT2D eigenvalue weighted by molar-refractivity contribution is -0.0114. The Morgan fingerprint density at radius 3 is 2.34 bits per heavy atom. The predicted octanol–water partition coefficient (Wildman–Crippen LogP) is 5.26. The van der Waals surface area contributed by atoms with Gasteiger partial charge in [0.05, 0.1) is 37.2 Å². The molecule has 1 N–H and O–H groups in total. The van der Waals surface area contributed by atoms with Gasteiger partial charge in [0.15, 0.2) is 0 Å². The first-order valence-electron chi connectivity index (χ1n) is 11.9. The minimum atomic E-state index is -0.650. The van der Waals surface area contributed by atoms with Crippen LogP contribution in [-0.2, 0) is 24.9 Å². The minimum absolute atomic E-state index is 0.0528. The molecule has 7 nitrogen and oxygen atoms in total. The van der Waals surface area contributed by atoms with Gasteiger partial charge in [-0.1, -0.05) is 48.5 Å². The first kappa shape index (κ1) is 24.7. The van der Waals surface area contributed by atoms with Crippen molar-refractivity contribution in [3.63, 3.8) is 0 Å². The molecule has 0 aliphatic heterocycles. The Hall–Kier alpha value is -3.39. The molecule has 0 radical (unpaired) electrons. The molecular weight excluding hydrogens is 442 g/mol. The zero-order valence-electron chi connectivity index (χ0n) is 20.5. The number of hydrogen-bond donors (Lipinski definition) is 1. The molecular formula is C28H33N3O4. The molecule has 0 aliphatic rings. The van der Waals surface area contributed by atoms with Gasteiger partial charge < -0.3 is 19.0 Å². The van der Waals surface area contributed by atoms with E-state index in [-0.39, 0.29) is 12.7 Å². The van der Waals surface area contributed by atoms with Crippen LogP contribution in [0.1, 0.15) is 25.2 Å². The summed E-state index contributed by atoms with van der Waals surface area (Å²) in [4.78, 5) is 2.13. The van der Waals surface area contributed by atoms with Crippen LogP contribution < -0.4 is 4.74 Å². The molecule has 7 heteroatoms. The molecule has 2 heterocycles. The van der Waals surface area contributed by atoms with E-state index < -0.39 is 6.10 Å². The molecule has 4 aromatic rings. The fourth-order valence-corrected chi connectivity index (χ4v) is 3.94. The molecule has 2 aromatic carbocycles. The predicted molar refractivity (Wildman–Crippen MR) is 135 cm³/mol. The summed E-state index contributed by atoms with van der Waals surface area (Å²) in [7, 11) is 1.89. The Balaban J connectivity index is 1.67. The van der Waals surface area contributed by atoms with E-state index in [0.717, 1.165) is 28.3 Å². The van der Waals surface area contributed by atoms with E-state index in [9.17, 15) is 5.11 Å². The minimum Gasteiger partial charge on any atom is -0.468 e. The van der Waals surface area contributed by atoms with E-state index in [2.05, 4.69) is 4.90 Å². The Morgan fingerprint density at radius 2 is 1.69 bits per heavy atom. The van der Waals surface area contributed by atoms with Gasteiger partial charge in [-0.25, -0.2) is 4.68 Å². The quantitative estimate of drug-likeness (QED) is 0.301. The topological polar surface area (TPSA) is 72.9 Å². The second kappa shape index (κ2) is 11.8. The van der Waals surface area contributed by atoms with E-state index in [0.29, 0.717) is 25.5 Å². The van der Waals surface area contributed by atoms with E-state index in [4.69, 9.17) is 19.0 Å². The summed E-state index contributed by atoms with van der Waals surface area (Å²) in [6, 6.07) is 23.6. The maximum Gasteiger partial charge on any atom is 0.222 e. The molecule has 0 unspecified atom stereocenters. The summed E-state index contributed by atoms with van der Waals surface area (Å²) in [5.74, 6) is 2.21. The van der Waals surface area contributed by atoms with Crippen molar-refractivity contribution in [2.45, 2.75) is 39.1 Å². The van der Waals surface area contributed by atoms with Gasteiger partial charge in [0.1, 0.15) is 17.2 Å². The molecule has 0 saturated carbocycles. The number of aliphatic hydroxyl groups is 1. The van der Waals surface area contributed by atoms with Gasteiger partial charge >= 0.3 is 0 Å². The molecule has 35 heavy (non-hydrogen) atoms. The van der Waals surface area contributed by atoms with Crippen LogP contribution in [0.3, 0.4) is 0 Å². The standard InChI is InChI=1S/C28H33N3O4/c1-21(2)34-20-23(32)17-31(18-25-15-10-16-33-25)19-26-27(22-11-6-4-7-12-22)29-30(3)28(26)35-24-13-8-5-9-14-24/h4-16,21,23,32H,17-20H2,1-3H3/t23-/m0/s1. The molecule has 184 valence electrons. The number of aromatic nitrogens is 2. The maximum atomic E-state index is 10.7. The number of aryl methyl sites for hydroxylation is 1. The fourth-order valence-electron chi connectivity index (χ4n) is 3.94. The lowest BCUT2D eigenvalue weighted by atomic mass is 10.1. The largest absolute Gasteiger partial charge is 0.468 e. The first-order chi connectivity index (χ1) is 17.0. The van der Waals surface area contributed by atoms with Crippen molar-refractivity contribution in [3.05, 3.63) is 90.4 Å². The number of para-hydroxylation sites is 1. The smallest absolute Gasteiger partial charge is 0.222 e. The Labute approximate surface area is 206 Å². The van der Waals surface area contributed by atoms with Gasteiger partial charge in [0.25, 0.3) is 0 Å². The maximum absolute atomic E-state index is 10.7. The van der Waals surface area contributed by atoms with Crippen molar-refractivity contribution in [1.82, 2.24) is 14.7 Å². The van der Waals surface area contributed by atoms with E-state index in [1.54, 1.807) is 10.9 Å². The Bertz CT molecular complexity index is 1160. The zero-order valence-corrected chi connectivity index (χ0v) is 20.5. The second-order valence-electron chi connectivity index (χ2n) is 8.82. The monoisotopic (exact) mass is 475 g/mol. The van der Waals surface area contributed by atoms with Gasteiger partial charge in [0.2, 0.25) is 5.88 Å². The van der Waals surface area contributed by atoms with Gasteiger partial charge in [0, 0.05) is 25.7 Å². The van der Waals surface area contributed by atoms with Crippen molar-refractivity contribution in [1.29, 1.82) is 0 Å². The van der Waals surface area contributed by atoms with Crippen LogP contribution in [0.25, 0.3) is 11.3 Å². The Morgan fingerprint density at radius 1 is 0.971 bits per heavy atom. The highest BCUT2D eigenvalue weighted by Crippen LogP contribution is 2.34. The fraction of sp³-hybridized carbons (Fsp3) is 0.321. The molecule has 0 fully saturated rings. The third-order valence-electron chi connectivity index (χ3n) is 5.53. The molecule has 0 spiro atoms. The number of hydrogen-bond acceptors (Lipinski definition) is 6. The average molecular weight is 476 g/mol. The number of aliphatic hydroxyl groups excluding tert-OH is 1. The summed E-state index contributed by atoms with van der Waals surface area (Å²) in [5.41, 5.74) is 2.78. The molecule has 0 bridgehead atoms. The van der Waals surface area contributed by atoms with Crippen LogP contribution in [0.4, 0.5) is 0 Å². The second-order valence-corrected chi connectivity index (χ2v) is 8.82. The third kappa shape index (κ3) is 6.82. The summed E-state index contributed by atoms with van der Waals surface area (Å²) >= 11 is 0. The highest BCUT2D eigenvalue weighted by molar-refractivity contribution is 5.65. The zero-order chi connectivity index (χ0) is 24.6. The number of benzene rings is 2. The molecule has 0 aliphatic carbocycles. The molecule has 2 aromatic heterocycles. The van der Waals surface area contributed by atoms with Crippen molar-refractivity contribution >= 4 is 0 Å². The highest BCUT2D eigenvalue weighted by Gasteiger charge is 2.24. The van der Waals surface area contributed by atoms with E-state index in [1.165, 1.54) is 0 Å². The van der Waals surface area contributed by atoms with Gasteiger partial charge in [-0.15, -0.1) is 0 Å². The summed E-state index contributed by atoms with van der Waals surface area (Å²) < 4.78 is 19.4. The van der Waals surface area contributed by atoms with Crippen LogP contribution in [0, 0.1) is 0 Å². The van der Waals surface area contributed by atoms with Crippen molar-refractivity contribution < 1.29 is 19.0 Å². The average Bonchev–Trinajstić information content (AvgIpc) is 3.47. The van der Waals surface area contributed by atoms with Gasteiger partial charge in [-0.2, -0.15) is 5.10 Å². The van der Waals surface area contributed by atoms with Crippen LogP contribution in [0.5, 0.6) is 11.6 Å². The number of nitrogens with zero attached hydrogens (tertiary/aromatic N) is 3. The van der Waals surface area contributed by atoms with E-state index >= 15 is 0 Å². The summed E-state index contributed by atoms with van der Waals surface area (Å²) in [6.07, 6.45) is 1.06. The van der Waals surface area contributed by atoms with E-state index in [1.807, 2.05) is 93.7 Å². The van der Waals surface area contributed by atoms with Crippen molar-refractivity contribution in [3.8, 4) is 22.9 Å². The lowest BCUT2D eigenvalue weighted by Gasteiger charge is -2.25. The Kier molecular flexibility index (Phi) is 8.36. The molecule has 0 saturated heterocycles. The van der Waals surface area contributed by atoms with Crippen LogP contribution in [-0.4, -0.2) is 45.1 Å². The summed E-state index contributed by atoms with van der Waals surface area (Å²) in [5, 5.41) is 15.5. The van der Waals surface area contributed by atoms with Crippen molar-refractivity contribution in [2.24, 2.45) is 7.05 Å². The normalized spacial score (nSPS) is 12.4. The number of furan rings is 1.